The number of nitrogens with zero attached hydrogens (tertiary/aromatic N) is 1. The average molecular weight is 372 g/mol. The monoisotopic (exact) mass is 371 g/mol. The van der Waals surface area contributed by atoms with Gasteiger partial charge in [-0.15, -0.1) is 0 Å². The van der Waals surface area contributed by atoms with Gasteiger partial charge in [0.1, 0.15) is 5.75 Å². The molecule has 0 saturated heterocycles. The first-order valence-electron chi connectivity index (χ1n) is 7.00. The minimum atomic E-state index is -0.479. The van der Waals surface area contributed by atoms with E-state index in [0.29, 0.717) is 13.1 Å². The van der Waals surface area contributed by atoms with Crippen molar-refractivity contribution in [2.24, 2.45) is 0 Å². The standard InChI is InChI=1S/C15H22BrN3O3/c1-5-17-15(21)18-14(20)10(2)19(3)9-11-8-12(16)6-7-13(11)22-4/h6-8,10H,5,9H2,1-4H3,(H2,17,18,20,21). The number of amides is 3. The molecule has 2 N–H and O–H groups in total. The number of methoxy groups -OCH3 is 1. The molecule has 0 heterocycles. The zero-order valence-corrected chi connectivity index (χ0v) is 14.9. The van der Waals surface area contributed by atoms with Crippen LogP contribution in [0.3, 0.4) is 0 Å². The van der Waals surface area contributed by atoms with Crippen molar-refractivity contribution in [2.75, 3.05) is 20.7 Å². The Morgan fingerprint density at radius 1 is 1.41 bits per heavy atom. The highest BCUT2D eigenvalue weighted by atomic mass is 79.9. The topological polar surface area (TPSA) is 70.7 Å². The van der Waals surface area contributed by atoms with E-state index < -0.39 is 12.1 Å². The Bertz CT molecular complexity index is 537. The number of rotatable bonds is 6. The van der Waals surface area contributed by atoms with Gasteiger partial charge in [0, 0.05) is 23.1 Å². The number of imide groups is 1. The third kappa shape index (κ3) is 5.31. The molecule has 1 atom stereocenters. The van der Waals surface area contributed by atoms with Gasteiger partial charge in [-0.3, -0.25) is 15.0 Å². The first-order valence-corrected chi connectivity index (χ1v) is 7.79. The Morgan fingerprint density at radius 2 is 2.09 bits per heavy atom. The smallest absolute Gasteiger partial charge is 0.321 e. The van der Waals surface area contributed by atoms with Crippen LogP contribution >= 0.6 is 15.9 Å². The van der Waals surface area contributed by atoms with Gasteiger partial charge >= 0.3 is 6.03 Å². The van der Waals surface area contributed by atoms with Crippen molar-refractivity contribution < 1.29 is 14.3 Å². The molecule has 6 nitrogen and oxygen atoms in total. The van der Waals surface area contributed by atoms with Gasteiger partial charge < -0.3 is 10.1 Å². The summed E-state index contributed by atoms with van der Waals surface area (Å²) in [6.45, 7) is 4.53. The van der Waals surface area contributed by atoms with E-state index in [1.165, 1.54) is 0 Å². The first-order chi connectivity index (χ1) is 10.4. The molecular weight excluding hydrogens is 350 g/mol. The predicted octanol–water partition coefficient (Wildman–Crippen LogP) is 2.12. The van der Waals surface area contributed by atoms with Crippen LogP contribution in [-0.2, 0) is 11.3 Å². The van der Waals surface area contributed by atoms with E-state index in [9.17, 15) is 9.59 Å². The lowest BCUT2D eigenvalue weighted by Gasteiger charge is -2.24. The Morgan fingerprint density at radius 3 is 2.68 bits per heavy atom. The minimum Gasteiger partial charge on any atom is -0.496 e. The number of nitrogens with one attached hydrogen (secondary N) is 2. The lowest BCUT2D eigenvalue weighted by molar-refractivity contribution is -0.124. The highest BCUT2D eigenvalue weighted by molar-refractivity contribution is 9.10. The second kappa shape index (κ2) is 8.75. The van der Waals surface area contributed by atoms with Crippen LogP contribution in [0.2, 0.25) is 0 Å². The van der Waals surface area contributed by atoms with E-state index in [1.807, 2.05) is 30.1 Å². The molecule has 0 aromatic heterocycles. The van der Waals surface area contributed by atoms with Crippen molar-refractivity contribution in [1.82, 2.24) is 15.5 Å². The molecule has 1 aromatic carbocycles. The van der Waals surface area contributed by atoms with E-state index in [4.69, 9.17) is 4.74 Å². The van der Waals surface area contributed by atoms with Gasteiger partial charge in [0.25, 0.3) is 0 Å². The van der Waals surface area contributed by atoms with Crippen LogP contribution in [0.15, 0.2) is 22.7 Å². The van der Waals surface area contributed by atoms with Crippen LogP contribution in [0.25, 0.3) is 0 Å². The van der Waals surface area contributed by atoms with E-state index in [-0.39, 0.29) is 5.91 Å². The van der Waals surface area contributed by atoms with E-state index in [2.05, 4.69) is 26.6 Å². The number of hydrogen-bond donors (Lipinski definition) is 2. The maximum Gasteiger partial charge on any atom is 0.321 e. The van der Waals surface area contributed by atoms with Crippen LogP contribution in [-0.4, -0.2) is 43.6 Å². The van der Waals surface area contributed by atoms with Gasteiger partial charge in [-0.25, -0.2) is 4.79 Å². The normalized spacial score (nSPS) is 11.9. The van der Waals surface area contributed by atoms with E-state index >= 15 is 0 Å². The maximum atomic E-state index is 12.0. The van der Waals surface area contributed by atoms with Gasteiger partial charge in [0.15, 0.2) is 0 Å². The highest BCUT2D eigenvalue weighted by Crippen LogP contribution is 2.24. The molecule has 0 aliphatic rings. The molecule has 0 aliphatic heterocycles. The third-order valence-electron chi connectivity index (χ3n) is 3.28. The molecule has 1 rings (SSSR count). The number of halogens is 1. The van der Waals surface area contributed by atoms with Gasteiger partial charge in [-0.2, -0.15) is 0 Å². The van der Waals surface area contributed by atoms with Gasteiger partial charge in [-0.05, 0) is 39.1 Å². The Labute approximate surface area is 139 Å². The fourth-order valence-electron chi connectivity index (χ4n) is 1.90. The molecule has 0 fully saturated rings. The molecule has 7 heteroatoms. The summed E-state index contributed by atoms with van der Waals surface area (Å²) < 4.78 is 6.27. The number of hydrogen-bond acceptors (Lipinski definition) is 4. The van der Waals surface area contributed by atoms with Crippen molar-refractivity contribution >= 4 is 27.9 Å². The summed E-state index contributed by atoms with van der Waals surface area (Å²) in [5.74, 6) is 0.411. The molecule has 3 amide bonds. The number of likely N-dealkylation sites (N-methyl/N-ethyl adjacent to an activating group) is 1. The van der Waals surface area contributed by atoms with Crippen LogP contribution in [0.5, 0.6) is 5.75 Å². The Balaban J connectivity index is 2.71. The van der Waals surface area contributed by atoms with Crippen LogP contribution in [0.4, 0.5) is 4.79 Å². The molecule has 22 heavy (non-hydrogen) atoms. The summed E-state index contributed by atoms with van der Waals surface area (Å²) in [5.41, 5.74) is 0.956. The fraction of sp³-hybridized carbons (Fsp3) is 0.467. The number of ether oxygens (including phenoxy) is 1. The van der Waals surface area contributed by atoms with Crippen molar-refractivity contribution in [3.63, 3.8) is 0 Å². The summed E-state index contributed by atoms with van der Waals surface area (Å²) in [6, 6.07) is 4.78. The first kappa shape index (κ1) is 18.4. The molecular formula is C15H22BrN3O3. The largest absolute Gasteiger partial charge is 0.496 e. The number of carbonyl (C=O) groups excluding carboxylic acids is 2. The SMILES string of the molecule is CCNC(=O)NC(=O)C(C)N(C)Cc1cc(Br)ccc1OC. The van der Waals surface area contributed by atoms with Crippen LogP contribution in [0, 0.1) is 0 Å². The van der Waals surface area contributed by atoms with E-state index in [0.717, 1.165) is 15.8 Å². The predicted molar refractivity (Wildman–Crippen MR) is 88.8 cm³/mol. The molecule has 1 unspecified atom stereocenters. The molecule has 0 bridgehead atoms. The van der Waals surface area contributed by atoms with Gasteiger partial charge in [0.2, 0.25) is 5.91 Å². The molecule has 0 spiro atoms. The zero-order chi connectivity index (χ0) is 16.7. The number of benzene rings is 1. The van der Waals surface area contributed by atoms with Crippen molar-refractivity contribution in [2.45, 2.75) is 26.4 Å². The summed E-state index contributed by atoms with van der Waals surface area (Å²) in [7, 11) is 3.43. The maximum absolute atomic E-state index is 12.0. The van der Waals surface area contributed by atoms with Crippen LogP contribution in [0.1, 0.15) is 19.4 Å². The summed E-state index contributed by atoms with van der Waals surface area (Å²) in [4.78, 5) is 25.3. The van der Waals surface area contributed by atoms with Crippen molar-refractivity contribution in [1.29, 1.82) is 0 Å². The third-order valence-corrected chi connectivity index (χ3v) is 3.77. The summed E-state index contributed by atoms with van der Waals surface area (Å²) >= 11 is 3.43. The Kier molecular flexibility index (Phi) is 7.34. The summed E-state index contributed by atoms with van der Waals surface area (Å²) in [6.07, 6.45) is 0. The zero-order valence-electron chi connectivity index (χ0n) is 13.3. The lowest BCUT2D eigenvalue weighted by atomic mass is 10.1. The molecule has 0 radical (unpaired) electrons. The molecule has 1 aromatic rings. The second-order valence-electron chi connectivity index (χ2n) is 4.90. The molecule has 0 aliphatic carbocycles. The van der Waals surface area contributed by atoms with Crippen LogP contribution < -0.4 is 15.4 Å². The summed E-state index contributed by atoms with van der Waals surface area (Å²) in [5, 5.41) is 4.85. The lowest BCUT2D eigenvalue weighted by Crippen LogP contribution is -2.48. The van der Waals surface area contributed by atoms with Crippen molar-refractivity contribution in [3.05, 3.63) is 28.2 Å². The second-order valence-corrected chi connectivity index (χ2v) is 5.81. The van der Waals surface area contributed by atoms with Crippen molar-refractivity contribution in [3.8, 4) is 5.75 Å². The van der Waals surface area contributed by atoms with E-state index in [1.54, 1.807) is 21.0 Å². The Hall–Kier alpha value is -1.60. The molecule has 122 valence electrons. The van der Waals surface area contributed by atoms with Gasteiger partial charge in [0.05, 0.1) is 13.2 Å². The number of carbonyl (C=O) groups is 2. The minimum absolute atomic E-state index is 0.345. The fourth-order valence-corrected chi connectivity index (χ4v) is 2.31. The highest BCUT2D eigenvalue weighted by Gasteiger charge is 2.21. The number of urea groups is 1. The quantitative estimate of drug-likeness (QED) is 0.803. The van der Waals surface area contributed by atoms with Gasteiger partial charge in [-0.1, -0.05) is 15.9 Å². The molecule has 0 saturated carbocycles. The average Bonchev–Trinajstić information content (AvgIpc) is 2.46.